The van der Waals surface area contributed by atoms with Crippen molar-refractivity contribution in [1.29, 1.82) is 0 Å². The molecule has 0 bridgehead atoms. The molecule has 0 aliphatic carbocycles. The van der Waals surface area contributed by atoms with Gasteiger partial charge in [-0.25, -0.2) is 0 Å². The molecule has 0 aliphatic heterocycles. The van der Waals surface area contributed by atoms with E-state index in [1.54, 1.807) is 0 Å². The second-order valence-electron chi connectivity index (χ2n) is 5.56. The van der Waals surface area contributed by atoms with Crippen molar-refractivity contribution in [2.45, 2.75) is 57.5 Å². The van der Waals surface area contributed by atoms with E-state index in [2.05, 4.69) is 67.1 Å². The predicted octanol–water partition coefficient (Wildman–Crippen LogP) is 5.23. The lowest BCUT2D eigenvalue weighted by Crippen LogP contribution is -2.35. The molecule has 1 aromatic carbocycles. The third-order valence-corrected chi connectivity index (χ3v) is 4.28. The molecule has 1 aromatic rings. The Kier molecular flexibility index (Phi) is 6.75. The lowest BCUT2D eigenvalue weighted by molar-refractivity contribution is 0.422. The topological polar surface area (TPSA) is 12.0 Å². The van der Waals surface area contributed by atoms with Crippen LogP contribution >= 0.6 is 27.7 Å². The summed E-state index contributed by atoms with van der Waals surface area (Å²) < 4.78 is 1.16. The molecule has 0 atom stereocenters. The van der Waals surface area contributed by atoms with Crippen LogP contribution in [0.3, 0.4) is 0 Å². The Labute approximate surface area is 124 Å². The minimum atomic E-state index is 0.160. The number of hydrogen-bond acceptors (Lipinski definition) is 2. The molecule has 0 aliphatic rings. The summed E-state index contributed by atoms with van der Waals surface area (Å²) >= 11 is 5.53. The number of halogens is 1. The highest BCUT2D eigenvalue weighted by Crippen LogP contribution is 2.27. The molecule has 1 N–H and O–H groups in total. The summed E-state index contributed by atoms with van der Waals surface area (Å²) in [6, 6.07) is 6.59. The highest BCUT2D eigenvalue weighted by molar-refractivity contribution is 9.10. The van der Waals surface area contributed by atoms with Crippen molar-refractivity contribution >= 4 is 27.7 Å². The van der Waals surface area contributed by atoms with Gasteiger partial charge in [-0.05, 0) is 56.7 Å². The zero-order chi connectivity index (χ0) is 13.6. The van der Waals surface area contributed by atoms with Crippen LogP contribution in [0.25, 0.3) is 0 Å². The minimum Gasteiger partial charge on any atom is -0.308 e. The predicted molar refractivity (Wildman–Crippen MR) is 86.4 cm³/mol. The van der Waals surface area contributed by atoms with Crippen LogP contribution in [0.15, 0.2) is 27.6 Å². The van der Waals surface area contributed by atoms with Crippen molar-refractivity contribution in [2.24, 2.45) is 0 Å². The number of rotatable bonds is 6. The Morgan fingerprint density at radius 2 is 2.00 bits per heavy atom. The van der Waals surface area contributed by atoms with Crippen LogP contribution < -0.4 is 5.32 Å². The third kappa shape index (κ3) is 6.26. The average molecular weight is 330 g/mol. The van der Waals surface area contributed by atoms with E-state index in [4.69, 9.17) is 0 Å². The Balaban J connectivity index is 2.70. The molecule has 0 saturated heterocycles. The highest BCUT2D eigenvalue weighted by atomic mass is 79.9. The first-order valence-electron chi connectivity index (χ1n) is 6.58. The Morgan fingerprint density at radius 3 is 2.61 bits per heavy atom. The average Bonchev–Trinajstić information content (AvgIpc) is 2.28. The van der Waals surface area contributed by atoms with Gasteiger partial charge in [0, 0.05) is 21.5 Å². The quantitative estimate of drug-likeness (QED) is 0.566. The normalized spacial score (nSPS) is 11.8. The van der Waals surface area contributed by atoms with Crippen molar-refractivity contribution < 1.29 is 0 Å². The molecule has 102 valence electrons. The van der Waals surface area contributed by atoms with E-state index >= 15 is 0 Å². The van der Waals surface area contributed by atoms with Gasteiger partial charge in [0.05, 0.1) is 0 Å². The zero-order valence-electron chi connectivity index (χ0n) is 11.8. The van der Waals surface area contributed by atoms with Gasteiger partial charge in [-0.2, -0.15) is 0 Å². The van der Waals surface area contributed by atoms with Crippen molar-refractivity contribution in [3.8, 4) is 0 Å². The molecule has 0 unspecified atom stereocenters. The molecule has 0 fully saturated rings. The fraction of sp³-hybridized carbons (Fsp3) is 0.600. The molecule has 18 heavy (non-hydrogen) atoms. The van der Waals surface area contributed by atoms with Crippen LogP contribution in [0, 0.1) is 0 Å². The Bertz CT molecular complexity index is 371. The maximum atomic E-state index is 3.56. The lowest BCUT2D eigenvalue weighted by atomic mass is 10.1. The molecule has 3 heteroatoms. The SMILES string of the molecule is CCCCSc1ccc(Br)cc1CNC(C)(C)C. The van der Waals surface area contributed by atoms with Crippen LogP contribution in [0.2, 0.25) is 0 Å². The Hall–Kier alpha value is 0.01000. The Morgan fingerprint density at radius 1 is 1.28 bits per heavy atom. The van der Waals surface area contributed by atoms with Gasteiger partial charge >= 0.3 is 0 Å². The number of hydrogen-bond donors (Lipinski definition) is 1. The monoisotopic (exact) mass is 329 g/mol. The van der Waals surface area contributed by atoms with E-state index in [0.717, 1.165) is 11.0 Å². The minimum absolute atomic E-state index is 0.160. The maximum Gasteiger partial charge on any atom is 0.0221 e. The fourth-order valence-electron chi connectivity index (χ4n) is 1.51. The molecule has 0 aromatic heterocycles. The van der Waals surface area contributed by atoms with Crippen molar-refractivity contribution in [2.75, 3.05) is 5.75 Å². The van der Waals surface area contributed by atoms with Gasteiger partial charge in [-0.15, -0.1) is 11.8 Å². The summed E-state index contributed by atoms with van der Waals surface area (Å²) in [5, 5.41) is 3.56. The van der Waals surface area contributed by atoms with E-state index in [1.807, 2.05) is 11.8 Å². The largest absolute Gasteiger partial charge is 0.308 e. The third-order valence-electron chi connectivity index (χ3n) is 2.59. The molecular formula is C15H24BrNS. The summed E-state index contributed by atoms with van der Waals surface area (Å²) in [5.74, 6) is 1.21. The maximum absolute atomic E-state index is 3.56. The van der Waals surface area contributed by atoms with Gasteiger partial charge in [0.15, 0.2) is 0 Å². The molecule has 0 spiro atoms. The van der Waals surface area contributed by atoms with Crippen molar-refractivity contribution in [1.82, 2.24) is 5.32 Å². The van der Waals surface area contributed by atoms with Crippen LogP contribution in [-0.4, -0.2) is 11.3 Å². The van der Waals surface area contributed by atoms with E-state index in [-0.39, 0.29) is 5.54 Å². The molecule has 0 amide bonds. The molecule has 0 radical (unpaired) electrons. The molecule has 0 saturated carbocycles. The number of thioether (sulfide) groups is 1. The number of benzene rings is 1. The standard InChI is InChI=1S/C15H24BrNS/c1-5-6-9-18-14-8-7-13(16)10-12(14)11-17-15(2,3)4/h7-8,10,17H,5-6,9,11H2,1-4H3. The molecule has 0 heterocycles. The van der Waals surface area contributed by atoms with E-state index < -0.39 is 0 Å². The van der Waals surface area contributed by atoms with E-state index in [1.165, 1.54) is 29.1 Å². The summed E-state index contributed by atoms with van der Waals surface area (Å²) in [4.78, 5) is 1.41. The lowest BCUT2D eigenvalue weighted by Gasteiger charge is -2.21. The van der Waals surface area contributed by atoms with E-state index in [0.29, 0.717) is 0 Å². The van der Waals surface area contributed by atoms with Crippen LogP contribution in [0.5, 0.6) is 0 Å². The molecule has 1 rings (SSSR count). The van der Waals surface area contributed by atoms with Crippen LogP contribution in [-0.2, 0) is 6.54 Å². The number of unbranched alkanes of at least 4 members (excludes halogenated alkanes) is 1. The first kappa shape index (κ1) is 16.1. The van der Waals surface area contributed by atoms with Crippen LogP contribution in [0.4, 0.5) is 0 Å². The van der Waals surface area contributed by atoms with Gasteiger partial charge in [0.1, 0.15) is 0 Å². The highest BCUT2D eigenvalue weighted by Gasteiger charge is 2.11. The summed E-state index contributed by atoms with van der Waals surface area (Å²) in [6.45, 7) is 9.78. The van der Waals surface area contributed by atoms with Gasteiger partial charge in [-0.3, -0.25) is 0 Å². The molecule has 1 nitrogen and oxygen atoms in total. The van der Waals surface area contributed by atoms with Gasteiger partial charge in [0.25, 0.3) is 0 Å². The second-order valence-corrected chi connectivity index (χ2v) is 7.61. The summed E-state index contributed by atoms with van der Waals surface area (Å²) in [7, 11) is 0. The first-order valence-corrected chi connectivity index (χ1v) is 8.36. The van der Waals surface area contributed by atoms with Crippen LogP contribution in [0.1, 0.15) is 46.1 Å². The first-order chi connectivity index (χ1) is 8.42. The zero-order valence-corrected chi connectivity index (χ0v) is 14.2. The van der Waals surface area contributed by atoms with E-state index in [9.17, 15) is 0 Å². The smallest absolute Gasteiger partial charge is 0.0221 e. The van der Waals surface area contributed by atoms with Crippen molar-refractivity contribution in [3.63, 3.8) is 0 Å². The summed E-state index contributed by atoms with van der Waals surface area (Å²) in [6.07, 6.45) is 2.55. The van der Waals surface area contributed by atoms with Crippen molar-refractivity contribution in [3.05, 3.63) is 28.2 Å². The second kappa shape index (κ2) is 7.56. The fourth-order valence-corrected chi connectivity index (χ4v) is 3.06. The van der Waals surface area contributed by atoms with Gasteiger partial charge in [0.2, 0.25) is 0 Å². The van der Waals surface area contributed by atoms with Gasteiger partial charge in [-0.1, -0.05) is 29.3 Å². The summed E-state index contributed by atoms with van der Waals surface area (Å²) in [5.41, 5.74) is 1.55. The number of nitrogens with one attached hydrogen (secondary N) is 1. The molecular weight excluding hydrogens is 306 g/mol. The van der Waals surface area contributed by atoms with Gasteiger partial charge < -0.3 is 5.32 Å².